The predicted molar refractivity (Wildman–Crippen MR) is 42.7 cm³/mol. The van der Waals surface area contributed by atoms with Gasteiger partial charge >= 0.3 is 0 Å². The van der Waals surface area contributed by atoms with E-state index in [-0.39, 0.29) is 6.10 Å². The largest absolute Gasteiger partial charge is 0.424 e. The lowest BCUT2D eigenvalue weighted by atomic mass is 9.76. The molecule has 0 aromatic carbocycles. The van der Waals surface area contributed by atoms with Crippen molar-refractivity contribution in [1.29, 1.82) is 5.26 Å². The lowest BCUT2D eigenvalue weighted by Crippen LogP contribution is -2.27. The number of ether oxygens (including phenoxy) is 1. The second-order valence-corrected chi connectivity index (χ2v) is 4.09. The van der Waals surface area contributed by atoms with Gasteiger partial charge in [-0.05, 0) is 31.1 Å². The van der Waals surface area contributed by atoms with Crippen LogP contribution in [0.3, 0.4) is 0 Å². The summed E-state index contributed by atoms with van der Waals surface area (Å²) in [5, 5.41) is 8.32. The van der Waals surface area contributed by atoms with Crippen molar-refractivity contribution in [3.63, 3.8) is 0 Å². The summed E-state index contributed by atoms with van der Waals surface area (Å²) in [4.78, 5) is 0. The summed E-state index contributed by atoms with van der Waals surface area (Å²) in [7, 11) is 0. The minimum absolute atomic E-state index is 0.184. The summed E-state index contributed by atoms with van der Waals surface area (Å²) in [6.07, 6.45) is 6.50. The van der Waals surface area contributed by atoms with Crippen LogP contribution in [0.1, 0.15) is 39.5 Å². The SMILES string of the molecule is CC1(C)CCCC(OC#N)C1. The Morgan fingerprint density at radius 1 is 1.55 bits per heavy atom. The molecule has 11 heavy (non-hydrogen) atoms. The maximum absolute atomic E-state index is 8.32. The zero-order valence-corrected chi connectivity index (χ0v) is 7.26. The molecule has 1 saturated carbocycles. The molecule has 1 fully saturated rings. The van der Waals surface area contributed by atoms with Crippen molar-refractivity contribution >= 4 is 0 Å². The summed E-state index contributed by atoms with van der Waals surface area (Å²) >= 11 is 0. The Bertz CT molecular complexity index is 169. The molecule has 0 amide bonds. The van der Waals surface area contributed by atoms with Crippen LogP contribution in [-0.2, 0) is 4.74 Å². The van der Waals surface area contributed by atoms with Gasteiger partial charge in [-0.15, -0.1) is 0 Å². The van der Waals surface area contributed by atoms with Crippen LogP contribution in [0.2, 0.25) is 0 Å². The Kier molecular flexibility index (Phi) is 2.38. The zero-order chi connectivity index (χ0) is 8.32. The fourth-order valence-corrected chi connectivity index (χ4v) is 1.80. The molecule has 0 saturated heterocycles. The number of hydrogen-bond donors (Lipinski definition) is 0. The van der Waals surface area contributed by atoms with Crippen LogP contribution in [0.5, 0.6) is 0 Å². The van der Waals surface area contributed by atoms with E-state index >= 15 is 0 Å². The van der Waals surface area contributed by atoms with Crippen LogP contribution in [0.15, 0.2) is 0 Å². The average Bonchev–Trinajstić information content (AvgIpc) is 1.85. The van der Waals surface area contributed by atoms with Crippen LogP contribution < -0.4 is 0 Å². The van der Waals surface area contributed by atoms with Crippen LogP contribution in [0.25, 0.3) is 0 Å². The first-order chi connectivity index (χ1) is 5.14. The summed E-state index contributed by atoms with van der Waals surface area (Å²) < 4.78 is 4.92. The molecule has 1 aliphatic carbocycles. The molecule has 0 aliphatic heterocycles. The van der Waals surface area contributed by atoms with Gasteiger partial charge in [0.05, 0.1) is 0 Å². The lowest BCUT2D eigenvalue weighted by Gasteiger charge is -2.33. The third-order valence-corrected chi connectivity index (χ3v) is 2.38. The number of rotatable bonds is 1. The molecule has 1 atom stereocenters. The third kappa shape index (κ3) is 2.42. The second kappa shape index (κ2) is 3.13. The summed E-state index contributed by atoms with van der Waals surface area (Å²) in [6, 6.07) is 0. The highest BCUT2D eigenvalue weighted by Crippen LogP contribution is 2.36. The predicted octanol–water partition coefficient (Wildman–Crippen LogP) is 2.45. The fraction of sp³-hybridized carbons (Fsp3) is 0.889. The Balaban J connectivity index is 2.41. The van der Waals surface area contributed by atoms with E-state index < -0.39 is 0 Å². The van der Waals surface area contributed by atoms with Crippen molar-refractivity contribution in [2.75, 3.05) is 0 Å². The fourth-order valence-electron chi connectivity index (χ4n) is 1.80. The highest BCUT2D eigenvalue weighted by molar-refractivity contribution is 4.81. The summed E-state index contributed by atoms with van der Waals surface area (Å²) in [5.41, 5.74) is 0.375. The molecule has 0 aromatic heterocycles. The monoisotopic (exact) mass is 153 g/mol. The van der Waals surface area contributed by atoms with Crippen molar-refractivity contribution in [1.82, 2.24) is 0 Å². The van der Waals surface area contributed by atoms with Crippen LogP contribution in [0, 0.1) is 16.9 Å². The van der Waals surface area contributed by atoms with Crippen molar-refractivity contribution < 1.29 is 4.74 Å². The van der Waals surface area contributed by atoms with Gasteiger partial charge in [-0.1, -0.05) is 13.8 Å². The minimum Gasteiger partial charge on any atom is -0.424 e. The molecule has 0 heterocycles. The van der Waals surface area contributed by atoms with Gasteiger partial charge in [-0.3, -0.25) is 0 Å². The van der Waals surface area contributed by atoms with Crippen LogP contribution >= 0.6 is 0 Å². The van der Waals surface area contributed by atoms with Crippen LogP contribution in [0.4, 0.5) is 0 Å². The van der Waals surface area contributed by atoms with E-state index in [9.17, 15) is 0 Å². The molecule has 1 unspecified atom stereocenters. The molecule has 2 heteroatoms. The first-order valence-corrected chi connectivity index (χ1v) is 4.19. The molecule has 62 valence electrons. The molecule has 1 aliphatic rings. The highest BCUT2D eigenvalue weighted by Gasteiger charge is 2.28. The van der Waals surface area contributed by atoms with E-state index in [2.05, 4.69) is 13.8 Å². The molecule has 1 rings (SSSR count). The molecule has 0 N–H and O–H groups in total. The first-order valence-electron chi connectivity index (χ1n) is 4.19. The van der Waals surface area contributed by atoms with E-state index in [1.807, 2.05) is 0 Å². The molecule has 0 radical (unpaired) electrons. The van der Waals surface area contributed by atoms with E-state index in [1.165, 1.54) is 12.8 Å². The Hall–Kier alpha value is -0.710. The number of hydrogen-bond acceptors (Lipinski definition) is 2. The van der Waals surface area contributed by atoms with Crippen molar-refractivity contribution in [3.05, 3.63) is 0 Å². The molecular formula is C9H15NO. The normalized spacial score (nSPS) is 29.0. The second-order valence-electron chi connectivity index (χ2n) is 4.09. The van der Waals surface area contributed by atoms with E-state index in [0.29, 0.717) is 5.41 Å². The van der Waals surface area contributed by atoms with Gasteiger partial charge in [0.1, 0.15) is 6.10 Å². The quantitative estimate of drug-likeness (QED) is 0.542. The van der Waals surface area contributed by atoms with Gasteiger partial charge in [0, 0.05) is 0 Å². The zero-order valence-electron chi connectivity index (χ0n) is 7.26. The standard InChI is InChI=1S/C9H15NO/c1-9(2)5-3-4-8(6-9)11-7-10/h8H,3-6H2,1-2H3. The highest BCUT2D eigenvalue weighted by atomic mass is 16.5. The summed E-state index contributed by atoms with van der Waals surface area (Å²) in [6.45, 7) is 4.47. The van der Waals surface area contributed by atoms with E-state index in [0.717, 1.165) is 12.8 Å². The van der Waals surface area contributed by atoms with E-state index in [1.54, 1.807) is 6.26 Å². The topological polar surface area (TPSA) is 33.0 Å². The molecule has 0 spiro atoms. The molecular weight excluding hydrogens is 138 g/mol. The van der Waals surface area contributed by atoms with Crippen molar-refractivity contribution in [2.45, 2.75) is 45.6 Å². The van der Waals surface area contributed by atoms with Gasteiger partial charge < -0.3 is 4.74 Å². The number of nitriles is 1. The van der Waals surface area contributed by atoms with Gasteiger partial charge in [0.15, 0.2) is 0 Å². The third-order valence-electron chi connectivity index (χ3n) is 2.38. The Morgan fingerprint density at radius 3 is 2.82 bits per heavy atom. The Labute approximate surface area is 68.2 Å². The smallest absolute Gasteiger partial charge is 0.286 e. The van der Waals surface area contributed by atoms with E-state index in [4.69, 9.17) is 10.00 Å². The van der Waals surface area contributed by atoms with Crippen LogP contribution in [-0.4, -0.2) is 6.10 Å². The average molecular weight is 153 g/mol. The first kappa shape index (κ1) is 8.39. The molecule has 0 bridgehead atoms. The minimum atomic E-state index is 0.184. The molecule has 2 nitrogen and oxygen atoms in total. The molecule has 0 aromatic rings. The van der Waals surface area contributed by atoms with Crippen molar-refractivity contribution in [2.24, 2.45) is 5.41 Å². The van der Waals surface area contributed by atoms with Crippen molar-refractivity contribution in [3.8, 4) is 6.26 Å². The van der Waals surface area contributed by atoms with Gasteiger partial charge in [0.25, 0.3) is 6.26 Å². The summed E-state index contributed by atoms with van der Waals surface area (Å²) in [5.74, 6) is 0. The Morgan fingerprint density at radius 2 is 2.27 bits per heavy atom. The maximum atomic E-state index is 8.32. The van der Waals surface area contributed by atoms with Gasteiger partial charge in [0.2, 0.25) is 0 Å². The van der Waals surface area contributed by atoms with Gasteiger partial charge in [-0.2, -0.15) is 5.26 Å². The lowest BCUT2D eigenvalue weighted by molar-refractivity contribution is 0.0613. The number of nitrogens with zero attached hydrogens (tertiary/aromatic N) is 1. The maximum Gasteiger partial charge on any atom is 0.286 e. The van der Waals surface area contributed by atoms with Gasteiger partial charge in [-0.25, -0.2) is 0 Å².